The van der Waals surface area contributed by atoms with E-state index in [2.05, 4.69) is 19.2 Å². The summed E-state index contributed by atoms with van der Waals surface area (Å²) in [5, 5.41) is 3.54. The fraction of sp³-hybridized carbons (Fsp3) is 0.435. The van der Waals surface area contributed by atoms with Crippen LogP contribution in [0.5, 0.6) is 5.75 Å². The van der Waals surface area contributed by atoms with E-state index in [0.29, 0.717) is 31.2 Å². The van der Waals surface area contributed by atoms with Crippen LogP contribution in [0.2, 0.25) is 0 Å². The highest BCUT2D eigenvalue weighted by molar-refractivity contribution is 6.01. The van der Waals surface area contributed by atoms with Gasteiger partial charge in [-0.25, -0.2) is 0 Å². The number of fused-ring (bicyclic) bond motifs is 1. The smallest absolute Gasteiger partial charge is 0.257 e. The number of benzene rings is 2. The largest absolute Gasteiger partial charge is 0.493 e. The van der Waals surface area contributed by atoms with Crippen LogP contribution in [0.3, 0.4) is 0 Å². The lowest BCUT2D eigenvalue weighted by Gasteiger charge is -2.38. The molecule has 0 fully saturated rings. The van der Waals surface area contributed by atoms with E-state index < -0.39 is 0 Å². The summed E-state index contributed by atoms with van der Waals surface area (Å²) in [6.07, 6.45) is 1.50. The molecule has 0 saturated carbocycles. The van der Waals surface area contributed by atoms with E-state index in [1.165, 1.54) is 0 Å². The van der Waals surface area contributed by atoms with Gasteiger partial charge in [0.1, 0.15) is 11.9 Å². The molecular weight excluding hydrogens is 352 g/mol. The lowest BCUT2D eigenvalue weighted by Crippen LogP contribution is -2.43. The van der Waals surface area contributed by atoms with Crippen LogP contribution < -0.4 is 10.1 Å². The van der Waals surface area contributed by atoms with Crippen LogP contribution in [0.1, 0.15) is 48.8 Å². The van der Waals surface area contributed by atoms with Gasteiger partial charge >= 0.3 is 0 Å². The van der Waals surface area contributed by atoms with E-state index in [-0.39, 0.29) is 12.1 Å². The molecule has 2 aromatic rings. The number of nitrogens with one attached hydrogen (secondary N) is 1. The van der Waals surface area contributed by atoms with Gasteiger partial charge in [-0.05, 0) is 37.0 Å². The molecular formula is C23H30N2O3. The Kier molecular flexibility index (Phi) is 6.93. The minimum Gasteiger partial charge on any atom is -0.493 e. The Morgan fingerprint density at radius 3 is 2.61 bits per heavy atom. The van der Waals surface area contributed by atoms with Gasteiger partial charge < -0.3 is 19.7 Å². The van der Waals surface area contributed by atoms with E-state index >= 15 is 0 Å². The maximum Gasteiger partial charge on any atom is 0.257 e. The fourth-order valence-electron chi connectivity index (χ4n) is 3.39. The highest BCUT2D eigenvalue weighted by Gasteiger charge is 2.33. The van der Waals surface area contributed by atoms with Crippen LogP contribution in [0.15, 0.2) is 48.5 Å². The molecule has 1 atom stereocenters. The van der Waals surface area contributed by atoms with Gasteiger partial charge in [-0.1, -0.05) is 44.2 Å². The lowest BCUT2D eigenvalue weighted by molar-refractivity contribution is 0.0657. The van der Waals surface area contributed by atoms with E-state index in [9.17, 15) is 4.79 Å². The van der Waals surface area contributed by atoms with Crippen LogP contribution in [0.25, 0.3) is 0 Å². The number of methoxy groups -OCH3 is 1. The molecule has 1 N–H and O–H groups in total. The van der Waals surface area contributed by atoms with Gasteiger partial charge in [-0.15, -0.1) is 0 Å². The van der Waals surface area contributed by atoms with Crippen molar-refractivity contribution >= 4 is 11.6 Å². The Morgan fingerprint density at radius 1 is 1.07 bits per heavy atom. The quantitative estimate of drug-likeness (QED) is 0.638. The Balaban J connectivity index is 1.90. The van der Waals surface area contributed by atoms with Crippen LogP contribution >= 0.6 is 0 Å². The molecule has 0 saturated heterocycles. The zero-order chi connectivity index (χ0) is 19.9. The van der Waals surface area contributed by atoms with Crippen molar-refractivity contribution in [3.8, 4) is 5.75 Å². The summed E-state index contributed by atoms with van der Waals surface area (Å²) in [5.74, 6) is 1.44. The van der Waals surface area contributed by atoms with Crippen molar-refractivity contribution < 1.29 is 14.3 Å². The molecule has 1 unspecified atom stereocenters. The van der Waals surface area contributed by atoms with Gasteiger partial charge in [-0.2, -0.15) is 0 Å². The summed E-state index contributed by atoms with van der Waals surface area (Å²) >= 11 is 0. The van der Waals surface area contributed by atoms with Gasteiger partial charge in [0.05, 0.1) is 12.2 Å². The molecule has 0 bridgehead atoms. The zero-order valence-electron chi connectivity index (χ0n) is 17.0. The first kappa shape index (κ1) is 20.2. The third kappa shape index (κ3) is 4.65. The first-order chi connectivity index (χ1) is 13.6. The highest BCUT2D eigenvalue weighted by atomic mass is 16.5. The number of rotatable bonds is 9. The van der Waals surface area contributed by atoms with E-state index in [1.807, 2.05) is 53.4 Å². The number of hydrogen-bond donors (Lipinski definition) is 1. The fourth-order valence-corrected chi connectivity index (χ4v) is 3.39. The average Bonchev–Trinajstić information content (AvgIpc) is 2.70. The molecule has 1 amide bonds. The second kappa shape index (κ2) is 9.60. The number of carbonyl (C=O) groups excluding carboxylic acids is 1. The molecule has 1 aliphatic rings. The number of hydrogen-bond acceptors (Lipinski definition) is 4. The number of nitrogens with zero attached hydrogens (tertiary/aromatic N) is 1. The Morgan fingerprint density at radius 2 is 1.82 bits per heavy atom. The molecule has 0 radical (unpaired) electrons. The third-order valence-corrected chi connectivity index (χ3v) is 4.94. The van der Waals surface area contributed by atoms with Crippen LogP contribution in [0, 0.1) is 5.92 Å². The molecule has 3 rings (SSSR count). The highest BCUT2D eigenvalue weighted by Crippen LogP contribution is 2.36. The normalized spacial score (nSPS) is 16.1. The average molecular weight is 383 g/mol. The molecule has 1 heterocycles. The maximum absolute atomic E-state index is 13.2. The summed E-state index contributed by atoms with van der Waals surface area (Å²) in [4.78, 5) is 15.1. The minimum absolute atomic E-state index is 0.0347. The molecule has 150 valence electrons. The van der Waals surface area contributed by atoms with Crippen LogP contribution in [-0.4, -0.2) is 37.7 Å². The molecule has 1 aliphatic heterocycles. The standard InChI is InChI=1S/C23H30N2O3/c1-17(2)13-16-28-21-12-7-5-10-19(21)22-24-20-11-6-4-9-18(20)23(26)25(22)14-8-15-27-3/h4-7,9-12,17,22,24H,8,13-16H2,1-3H3. The van der Waals surface area contributed by atoms with Gasteiger partial charge in [-0.3, -0.25) is 4.79 Å². The van der Waals surface area contributed by atoms with Crippen molar-refractivity contribution in [1.29, 1.82) is 0 Å². The second-order valence-corrected chi connectivity index (χ2v) is 7.51. The van der Waals surface area contributed by atoms with Crippen molar-refractivity contribution in [2.45, 2.75) is 32.9 Å². The predicted octanol–water partition coefficient (Wildman–Crippen LogP) is 4.71. The molecule has 5 nitrogen and oxygen atoms in total. The van der Waals surface area contributed by atoms with Crippen LogP contribution in [-0.2, 0) is 4.74 Å². The number of carbonyl (C=O) groups is 1. The monoisotopic (exact) mass is 382 g/mol. The summed E-state index contributed by atoms with van der Waals surface area (Å²) in [5.41, 5.74) is 2.54. The Bertz CT molecular complexity index is 791. The Hall–Kier alpha value is -2.53. The van der Waals surface area contributed by atoms with Gasteiger partial charge in [0, 0.05) is 31.5 Å². The first-order valence-electron chi connectivity index (χ1n) is 9.99. The van der Waals surface area contributed by atoms with Crippen molar-refractivity contribution in [1.82, 2.24) is 4.90 Å². The van der Waals surface area contributed by atoms with Gasteiger partial charge in [0.15, 0.2) is 0 Å². The van der Waals surface area contributed by atoms with Crippen LogP contribution in [0.4, 0.5) is 5.69 Å². The van der Waals surface area contributed by atoms with E-state index in [1.54, 1.807) is 7.11 Å². The summed E-state index contributed by atoms with van der Waals surface area (Å²) in [6, 6.07) is 15.6. The molecule has 0 aromatic heterocycles. The number of para-hydroxylation sites is 2. The minimum atomic E-state index is -0.269. The number of anilines is 1. The zero-order valence-corrected chi connectivity index (χ0v) is 17.0. The van der Waals surface area contributed by atoms with Crippen molar-refractivity contribution in [2.75, 3.05) is 32.2 Å². The van der Waals surface area contributed by atoms with Crippen molar-refractivity contribution in [3.05, 3.63) is 59.7 Å². The molecule has 5 heteroatoms. The number of amides is 1. The SMILES string of the molecule is COCCCN1C(=O)c2ccccc2NC1c1ccccc1OCCC(C)C. The molecule has 0 aliphatic carbocycles. The summed E-state index contributed by atoms with van der Waals surface area (Å²) in [7, 11) is 1.68. The molecule has 28 heavy (non-hydrogen) atoms. The second-order valence-electron chi connectivity index (χ2n) is 7.51. The van der Waals surface area contributed by atoms with Crippen molar-refractivity contribution in [2.24, 2.45) is 5.92 Å². The van der Waals surface area contributed by atoms with E-state index in [4.69, 9.17) is 9.47 Å². The number of ether oxygens (including phenoxy) is 2. The third-order valence-electron chi connectivity index (χ3n) is 4.94. The van der Waals surface area contributed by atoms with Gasteiger partial charge in [0.2, 0.25) is 0 Å². The lowest BCUT2D eigenvalue weighted by atomic mass is 10.0. The summed E-state index contributed by atoms with van der Waals surface area (Å²) < 4.78 is 11.3. The first-order valence-corrected chi connectivity index (χ1v) is 9.99. The molecule has 0 spiro atoms. The van der Waals surface area contributed by atoms with Crippen molar-refractivity contribution in [3.63, 3.8) is 0 Å². The summed E-state index contributed by atoms with van der Waals surface area (Å²) in [6.45, 7) is 6.26. The Labute approximate surface area is 167 Å². The predicted molar refractivity (Wildman–Crippen MR) is 112 cm³/mol. The van der Waals surface area contributed by atoms with Gasteiger partial charge in [0.25, 0.3) is 5.91 Å². The topological polar surface area (TPSA) is 50.8 Å². The maximum atomic E-state index is 13.2. The molecule has 2 aromatic carbocycles. The van der Waals surface area contributed by atoms with E-state index in [0.717, 1.165) is 29.8 Å².